The minimum Gasteiger partial charge on any atom is -0.496 e. The summed E-state index contributed by atoms with van der Waals surface area (Å²) in [5.41, 5.74) is 3.23. The molecule has 0 spiro atoms. The number of nitrogens with one attached hydrogen (secondary N) is 1. The van der Waals surface area contributed by atoms with Crippen molar-refractivity contribution in [3.05, 3.63) is 54.4 Å². The summed E-state index contributed by atoms with van der Waals surface area (Å²) >= 11 is 0. The van der Waals surface area contributed by atoms with Crippen LogP contribution in [0.2, 0.25) is 0 Å². The Morgan fingerprint density at radius 2 is 2.03 bits per heavy atom. The highest BCUT2D eigenvalue weighted by Crippen LogP contribution is 2.41. The molecular formula is C25H29F2N3O4. The van der Waals surface area contributed by atoms with Crippen molar-refractivity contribution in [1.29, 1.82) is 0 Å². The molecule has 0 saturated heterocycles. The fraction of sp³-hybridized carbons (Fsp3) is 0.400. The van der Waals surface area contributed by atoms with Crippen LogP contribution in [-0.4, -0.2) is 47.7 Å². The summed E-state index contributed by atoms with van der Waals surface area (Å²) in [5, 5.41) is 16.8. The van der Waals surface area contributed by atoms with Crippen LogP contribution >= 0.6 is 0 Å². The van der Waals surface area contributed by atoms with Crippen LogP contribution in [0.3, 0.4) is 0 Å². The fourth-order valence-electron chi connectivity index (χ4n) is 3.89. The molecule has 0 unspecified atom stereocenters. The summed E-state index contributed by atoms with van der Waals surface area (Å²) < 4.78 is 44.5. The number of fused-ring (bicyclic) bond motifs is 1. The molecule has 1 aliphatic carbocycles. The average molecular weight is 474 g/mol. The van der Waals surface area contributed by atoms with Gasteiger partial charge in [0.25, 0.3) is 0 Å². The highest BCUT2D eigenvalue weighted by Gasteiger charge is 2.26. The number of methoxy groups -OCH3 is 1. The van der Waals surface area contributed by atoms with Gasteiger partial charge in [-0.1, -0.05) is 12.6 Å². The first-order valence-electron chi connectivity index (χ1n) is 11.1. The summed E-state index contributed by atoms with van der Waals surface area (Å²) in [5.74, 6) is 0.359. The summed E-state index contributed by atoms with van der Waals surface area (Å²) in [7, 11) is 1.48. The van der Waals surface area contributed by atoms with E-state index in [1.54, 1.807) is 22.8 Å². The van der Waals surface area contributed by atoms with E-state index in [4.69, 9.17) is 19.3 Å². The van der Waals surface area contributed by atoms with E-state index < -0.39 is 12.2 Å². The fourth-order valence-corrected chi connectivity index (χ4v) is 3.89. The molecule has 0 aliphatic heterocycles. The number of benzene rings is 1. The Morgan fingerprint density at radius 1 is 1.29 bits per heavy atom. The van der Waals surface area contributed by atoms with Gasteiger partial charge in [-0.2, -0.15) is 13.9 Å². The molecule has 0 amide bonds. The van der Waals surface area contributed by atoms with E-state index in [1.807, 2.05) is 32.2 Å². The lowest BCUT2D eigenvalue weighted by Gasteiger charge is -2.25. The largest absolute Gasteiger partial charge is 0.496 e. The molecule has 0 atom stereocenters. The van der Waals surface area contributed by atoms with E-state index in [2.05, 4.69) is 17.0 Å². The molecule has 4 rings (SSSR count). The van der Waals surface area contributed by atoms with Gasteiger partial charge in [0.15, 0.2) is 0 Å². The second-order valence-corrected chi connectivity index (χ2v) is 8.72. The van der Waals surface area contributed by atoms with Crippen molar-refractivity contribution in [2.45, 2.75) is 44.9 Å². The Kier molecular flexibility index (Phi) is 6.77. The number of alkyl halides is 2. The Hall–Kier alpha value is -3.17. The molecule has 7 nitrogen and oxygen atoms in total. The van der Waals surface area contributed by atoms with Crippen LogP contribution in [0.4, 0.5) is 8.78 Å². The van der Waals surface area contributed by atoms with E-state index in [0.29, 0.717) is 22.6 Å². The van der Waals surface area contributed by atoms with Crippen molar-refractivity contribution in [2.24, 2.45) is 0 Å². The first kappa shape index (κ1) is 24.0. The molecule has 9 heteroatoms. The van der Waals surface area contributed by atoms with E-state index in [1.165, 1.54) is 7.11 Å². The first-order valence-corrected chi connectivity index (χ1v) is 11.1. The van der Waals surface area contributed by atoms with Crippen molar-refractivity contribution in [1.82, 2.24) is 14.9 Å². The number of rotatable bonds is 11. The monoisotopic (exact) mass is 473 g/mol. The molecule has 1 aromatic carbocycles. The lowest BCUT2D eigenvalue weighted by molar-refractivity contribution is -0.0501. The van der Waals surface area contributed by atoms with Gasteiger partial charge in [-0.15, -0.1) is 0 Å². The molecule has 3 aromatic rings. The molecule has 1 aliphatic rings. The predicted octanol–water partition coefficient (Wildman–Crippen LogP) is 4.58. The molecule has 182 valence electrons. The van der Waals surface area contributed by atoms with Crippen LogP contribution in [0.5, 0.6) is 11.5 Å². The van der Waals surface area contributed by atoms with Crippen LogP contribution in [0.15, 0.2) is 43.2 Å². The SMILES string of the molecule is C=C(NC1CC1)c1c(OC)cc(-c2cnn3cc(C(C)(C)OCCO)ccc23)cc1OC(F)F. The van der Waals surface area contributed by atoms with Crippen LogP contribution in [0.25, 0.3) is 22.3 Å². The maximum absolute atomic E-state index is 13.3. The van der Waals surface area contributed by atoms with Crippen molar-refractivity contribution in [3.8, 4) is 22.6 Å². The number of aliphatic hydroxyl groups is 1. The van der Waals surface area contributed by atoms with E-state index in [-0.39, 0.29) is 25.0 Å². The topological polar surface area (TPSA) is 77.3 Å². The van der Waals surface area contributed by atoms with Crippen molar-refractivity contribution in [2.75, 3.05) is 20.3 Å². The normalized spacial score (nSPS) is 14.0. The first-order chi connectivity index (χ1) is 16.2. The second-order valence-electron chi connectivity index (χ2n) is 8.72. The van der Waals surface area contributed by atoms with Crippen molar-refractivity contribution < 1.29 is 28.1 Å². The van der Waals surface area contributed by atoms with E-state index in [9.17, 15) is 8.78 Å². The summed E-state index contributed by atoms with van der Waals surface area (Å²) in [4.78, 5) is 0. The number of hydrogen-bond donors (Lipinski definition) is 2. The number of aliphatic hydroxyl groups excluding tert-OH is 1. The Bertz CT molecular complexity index is 1190. The summed E-state index contributed by atoms with van der Waals surface area (Å²) in [6.07, 6.45) is 5.53. The highest BCUT2D eigenvalue weighted by molar-refractivity contribution is 5.85. The van der Waals surface area contributed by atoms with Gasteiger partial charge in [-0.25, -0.2) is 4.52 Å². The van der Waals surface area contributed by atoms with Crippen molar-refractivity contribution >= 4 is 11.2 Å². The van der Waals surface area contributed by atoms with Crippen LogP contribution < -0.4 is 14.8 Å². The van der Waals surface area contributed by atoms with Crippen LogP contribution in [0.1, 0.15) is 37.8 Å². The van der Waals surface area contributed by atoms with Crippen LogP contribution in [0, 0.1) is 0 Å². The van der Waals surface area contributed by atoms with Gasteiger partial charge in [-0.3, -0.25) is 0 Å². The zero-order valence-corrected chi connectivity index (χ0v) is 19.5. The Morgan fingerprint density at radius 3 is 2.68 bits per heavy atom. The molecule has 0 radical (unpaired) electrons. The molecule has 1 fully saturated rings. The standard InChI is InChI=1S/C25H29F2N3O4/c1-15(29-18-6-7-18)23-21(32-4)11-16(12-22(23)34-24(26)27)19-13-28-30-14-17(5-8-20(19)30)25(2,3)33-10-9-31/h5,8,11-14,18,24,29,31H,1,6-7,9-10H2,2-4H3. The quantitative estimate of drug-likeness (QED) is 0.425. The lowest BCUT2D eigenvalue weighted by Crippen LogP contribution is -2.23. The number of hydrogen-bond acceptors (Lipinski definition) is 6. The van der Waals surface area contributed by atoms with Gasteiger partial charge in [0.2, 0.25) is 0 Å². The minimum atomic E-state index is -3.00. The molecule has 34 heavy (non-hydrogen) atoms. The number of aromatic nitrogens is 2. The zero-order chi connectivity index (χ0) is 24.5. The smallest absolute Gasteiger partial charge is 0.387 e. The summed E-state index contributed by atoms with van der Waals surface area (Å²) in [6.45, 7) is 4.99. The van der Waals surface area contributed by atoms with Gasteiger partial charge >= 0.3 is 6.61 Å². The van der Waals surface area contributed by atoms with Gasteiger partial charge in [-0.05, 0) is 50.5 Å². The van der Waals surface area contributed by atoms with E-state index in [0.717, 1.165) is 29.5 Å². The third-order valence-corrected chi connectivity index (χ3v) is 5.84. The third-order valence-electron chi connectivity index (χ3n) is 5.84. The third kappa shape index (κ3) is 5.00. The highest BCUT2D eigenvalue weighted by atomic mass is 19.3. The molecule has 2 heterocycles. The van der Waals surface area contributed by atoms with Gasteiger partial charge in [0.05, 0.1) is 43.2 Å². The van der Waals surface area contributed by atoms with Gasteiger partial charge < -0.3 is 24.6 Å². The molecule has 0 bridgehead atoms. The van der Waals surface area contributed by atoms with E-state index >= 15 is 0 Å². The number of pyridine rings is 1. The zero-order valence-electron chi connectivity index (χ0n) is 19.5. The second kappa shape index (κ2) is 9.60. The predicted molar refractivity (Wildman–Crippen MR) is 125 cm³/mol. The molecule has 2 N–H and O–H groups in total. The average Bonchev–Trinajstić information content (AvgIpc) is 3.51. The Balaban J connectivity index is 1.76. The minimum absolute atomic E-state index is 0.0167. The molecule has 2 aromatic heterocycles. The molecule has 1 saturated carbocycles. The molecular weight excluding hydrogens is 444 g/mol. The Labute approximate surface area is 196 Å². The number of ether oxygens (including phenoxy) is 3. The summed E-state index contributed by atoms with van der Waals surface area (Å²) in [6, 6.07) is 7.43. The lowest BCUT2D eigenvalue weighted by atomic mass is 9.98. The number of halogens is 2. The van der Waals surface area contributed by atoms with Crippen molar-refractivity contribution in [3.63, 3.8) is 0 Å². The van der Waals surface area contributed by atoms with Gasteiger partial charge in [0.1, 0.15) is 11.5 Å². The number of nitrogens with zero attached hydrogens (tertiary/aromatic N) is 2. The van der Waals surface area contributed by atoms with Gasteiger partial charge in [0, 0.05) is 29.1 Å². The van der Waals surface area contributed by atoms with Crippen LogP contribution in [-0.2, 0) is 10.3 Å². The maximum Gasteiger partial charge on any atom is 0.387 e. The maximum atomic E-state index is 13.3.